The first-order chi connectivity index (χ1) is 29.1. The van der Waals surface area contributed by atoms with E-state index in [1.807, 2.05) is 85.7 Å². The van der Waals surface area contributed by atoms with E-state index in [1.165, 1.54) is 30.6 Å². The van der Waals surface area contributed by atoms with Crippen molar-refractivity contribution in [3.05, 3.63) is 151 Å². The van der Waals surface area contributed by atoms with Gasteiger partial charge in [-0.15, -0.1) is 0 Å². The minimum atomic E-state index is -0.479. The van der Waals surface area contributed by atoms with E-state index in [0.29, 0.717) is 56.0 Å². The van der Waals surface area contributed by atoms with Crippen LogP contribution in [0.3, 0.4) is 0 Å². The predicted molar refractivity (Wildman–Crippen MR) is 238 cm³/mol. The van der Waals surface area contributed by atoms with Crippen LogP contribution in [0, 0.1) is 53.0 Å². The Morgan fingerprint density at radius 2 is 0.933 bits per heavy atom. The summed E-state index contributed by atoms with van der Waals surface area (Å²) < 4.78 is 0. The molecule has 0 radical (unpaired) electrons. The summed E-state index contributed by atoms with van der Waals surface area (Å²) in [5.41, 5.74) is 10.2. The number of H-pyrrole nitrogens is 4. The highest BCUT2D eigenvalue weighted by molar-refractivity contribution is 6.00. The number of nitro benzene ring substituents is 3. The number of aldehydes is 1. The molecule has 0 saturated heterocycles. The molecule has 4 aromatic carbocycles. The number of carbonyl (C=O) groups excluding carboxylic acids is 1. The standard InChI is InChI=1S/C9H5N3O2.C9H7N3.C9H6N2O3.C8H6N2O2.4C2H6/c10-4-6-5-11-9-7(6)2-1-3-8(9)12(13)14;10-4-6-5-12-9-7(6)2-1-3-8(9)11;12-5-6-4-10-9-7(6)2-1-3-8(9)11(13)14;11-10(12)7-3-1-2-6-4-5-9-8(6)7;4*1-2/h1-3,5,11H;1-3,5,12H,11H2;1-5,10H;1-5,9H;4*1-2H3. The van der Waals surface area contributed by atoms with Gasteiger partial charge >= 0.3 is 0 Å². The normalized spacial score (nSPS) is 9.17. The van der Waals surface area contributed by atoms with Crippen molar-refractivity contribution < 1.29 is 19.6 Å². The van der Waals surface area contributed by atoms with Crippen molar-refractivity contribution in [3.8, 4) is 12.1 Å². The second kappa shape index (κ2) is 25.8. The molecule has 0 aliphatic carbocycles. The average Bonchev–Trinajstić information content (AvgIpc) is 4.12. The highest BCUT2D eigenvalue weighted by Crippen LogP contribution is 2.27. The third kappa shape index (κ3) is 12.1. The molecule has 0 aliphatic rings. The number of anilines is 1. The number of hydrogen-bond donors (Lipinski definition) is 5. The molecule has 0 aliphatic heterocycles. The van der Waals surface area contributed by atoms with Crippen LogP contribution in [0.4, 0.5) is 22.7 Å². The summed E-state index contributed by atoms with van der Waals surface area (Å²) in [5, 5.41) is 52.1. The Kier molecular flexibility index (Phi) is 21.4. The Balaban J connectivity index is 0.000000379. The highest BCUT2D eigenvalue weighted by atomic mass is 16.6. The summed E-state index contributed by atoms with van der Waals surface area (Å²) in [5.74, 6) is 0. The minimum Gasteiger partial charge on any atom is -0.397 e. The van der Waals surface area contributed by atoms with Gasteiger partial charge in [-0.25, -0.2) is 0 Å². The van der Waals surface area contributed by atoms with Gasteiger partial charge in [0.05, 0.1) is 37.1 Å². The molecule has 0 amide bonds. The van der Waals surface area contributed by atoms with Gasteiger partial charge in [0.2, 0.25) is 0 Å². The molecule has 0 unspecified atom stereocenters. The smallest absolute Gasteiger partial charge is 0.293 e. The molecule has 0 bridgehead atoms. The molecule has 8 aromatic rings. The Hall–Kier alpha value is -8.31. The predicted octanol–water partition coefficient (Wildman–Crippen LogP) is 11.6. The van der Waals surface area contributed by atoms with E-state index >= 15 is 0 Å². The fourth-order valence-electron chi connectivity index (χ4n) is 5.28. The van der Waals surface area contributed by atoms with E-state index in [-0.39, 0.29) is 17.1 Å². The van der Waals surface area contributed by atoms with Gasteiger partial charge in [-0.1, -0.05) is 104 Å². The van der Waals surface area contributed by atoms with Crippen molar-refractivity contribution in [1.82, 2.24) is 19.9 Å². The number of nitrogen functional groups attached to an aromatic ring is 1. The molecule has 17 heteroatoms. The summed E-state index contributed by atoms with van der Waals surface area (Å²) in [7, 11) is 0. The number of non-ortho nitro benzene ring substituents is 3. The van der Waals surface area contributed by atoms with Crippen LogP contribution in [0.2, 0.25) is 0 Å². The molecular weight excluding hydrogens is 769 g/mol. The zero-order chi connectivity index (χ0) is 45.4. The zero-order valence-corrected chi connectivity index (χ0v) is 34.6. The number of benzene rings is 4. The van der Waals surface area contributed by atoms with Crippen molar-refractivity contribution in [1.29, 1.82) is 10.5 Å². The molecule has 4 heterocycles. The van der Waals surface area contributed by atoms with Crippen molar-refractivity contribution in [2.75, 3.05) is 5.73 Å². The first kappa shape index (κ1) is 49.7. The van der Waals surface area contributed by atoms with E-state index in [4.69, 9.17) is 16.3 Å². The Labute approximate surface area is 345 Å². The average molecular weight is 817 g/mol. The summed E-state index contributed by atoms with van der Waals surface area (Å²) in [6.45, 7) is 16.0. The molecule has 0 spiro atoms. The number of nitro groups is 3. The first-order valence-corrected chi connectivity index (χ1v) is 18.9. The lowest BCUT2D eigenvalue weighted by Gasteiger charge is -1.93. The number of para-hydroxylation sites is 4. The molecular formula is C43H48N10O7. The third-order valence-corrected chi connectivity index (χ3v) is 7.69. The van der Waals surface area contributed by atoms with E-state index in [1.54, 1.807) is 48.8 Å². The van der Waals surface area contributed by atoms with Gasteiger partial charge in [0.25, 0.3) is 17.1 Å². The summed E-state index contributed by atoms with van der Waals surface area (Å²) in [6.07, 6.45) is 6.96. The number of nitriles is 2. The van der Waals surface area contributed by atoms with Crippen LogP contribution in [0.25, 0.3) is 43.6 Å². The second-order valence-electron chi connectivity index (χ2n) is 10.6. The van der Waals surface area contributed by atoms with Gasteiger partial charge in [-0.05, 0) is 12.1 Å². The van der Waals surface area contributed by atoms with Gasteiger partial charge < -0.3 is 25.7 Å². The number of nitrogens with one attached hydrogen (secondary N) is 4. The quantitative estimate of drug-likeness (QED) is 0.0484. The van der Waals surface area contributed by atoms with Gasteiger partial charge in [0, 0.05) is 70.1 Å². The summed E-state index contributed by atoms with van der Waals surface area (Å²) >= 11 is 0. The molecule has 8 rings (SSSR count). The van der Waals surface area contributed by atoms with Crippen molar-refractivity contribution in [2.45, 2.75) is 55.4 Å². The summed E-state index contributed by atoms with van der Waals surface area (Å²) in [4.78, 5) is 52.2. The van der Waals surface area contributed by atoms with Crippen LogP contribution in [0.5, 0.6) is 0 Å². The Morgan fingerprint density at radius 1 is 0.533 bits per heavy atom. The van der Waals surface area contributed by atoms with Crippen LogP contribution < -0.4 is 5.73 Å². The fourth-order valence-corrected chi connectivity index (χ4v) is 5.28. The number of nitrogens with zero attached hydrogens (tertiary/aromatic N) is 5. The monoisotopic (exact) mass is 816 g/mol. The lowest BCUT2D eigenvalue weighted by Crippen LogP contribution is -1.88. The lowest BCUT2D eigenvalue weighted by atomic mass is 10.2. The van der Waals surface area contributed by atoms with Crippen LogP contribution in [0.1, 0.15) is 76.9 Å². The molecule has 4 aromatic heterocycles. The molecule has 6 N–H and O–H groups in total. The van der Waals surface area contributed by atoms with E-state index < -0.39 is 14.8 Å². The van der Waals surface area contributed by atoms with Gasteiger partial charge in [0.15, 0.2) is 6.29 Å². The summed E-state index contributed by atoms with van der Waals surface area (Å²) in [6, 6.07) is 25.6. The second-order valence-corrected chi connectivity index (χ2v) is 10.6. The number of aromatic amines is 4. The van der Waals surface area contributed by atoms with Crippen molar-refractivity contribution >= 4 is 72.6 Å². The van der Waals surface area contributed by atoms with Crippen LogP contribution in [-0.2, 0) is 0 Å². The molecule has 17 nitrogen and oxygen atoms in total. The largest absolute Gasteiger partial charge is 0.397 e. The number of nitrogens with two attached hydrogens (primary N) is 1. The SMILES string of the molecule is CC.CC.CC.CC.N#Cc1c[nH]c2c(N)cccc12.N#Cc1c[nH]c2c([N+](=O)[O-])cccc12.O=Cc1c[nH]c2c([N+](=O)[O-])cccc12.O=[N+]([O-])c1cccc2cc[nH]c12. The van der Waals surface area contributed by atoms with Gasteiger partial charge in [0.1, 0.15) is 28.7 Å². The topological polar surface area (TPSA) is 283 Å². The Bertz CT molecular complexity index is 2710. The van der Waals surface area contributed by atoms with Crippen LogP contribution in [0.15, 0.2) is 104 Å². The number of rotatable bonds is 4. The first-order valence-electron chi connectivity index (χ1n) is 18.9. The fraction of sp³-hybridized carbons (Fsp3) is 0.186. The number of carbonyl (C=O) groups is 1. The van der Waals surface area contributed by atoms with E-state index in [2.05, 4.69) is 26.0 Å². The lowest BCUT2D eigenvalue weighted by molar-refractivity contribution is -0.383. The van der Waals surface area contributed by atoms with E-state index in [9.17, 15) is 35.1 Å². The van der Waals surface area contributed by atoms with E-state index in [0.717, 1.165) is 16.3 Å². The maximum absolute atomic E-state index is 10.6. The van der Waals surface area contributed by atoms with Crippen LogP contribution in [-0.4, -0.2) is 41.0 Å². The van der Waals surface area contributed by atoms with Gasteiger partial charge in [-0.2, -0.15) is 10.5 Å². The maximum atomic E-state index is 10.6. The van der Waals surface area contributed by atoms with Crippen molar-refractivity contribution in [2.24, 2.45) is 0 Å². The minimum absolute atomic E-state index is 0.0102. The molecule has 60 heavy (non-hydrogen) atoms. The van der Waals surface area contributed by atoms with Crippen LogP contribution >= 0.6 is 0 Å². The number of fused-ring (bicyclic) bond motifs is 4. The van der Waals surface area contributed by atoms with Gasteiger partial charge in [-0.3, -0.25) is 35.1 Å². The third-order valence-electron chi connectivity index (χ3n) is 7.69. The number of hydrogen-bond acceptors (Lipinski definition) is 10. The maximum Gasteiger partial charge on any atom is 0.293 e. The van der Waals surface area contributed by atoms with Crippen molar-refractivity contribution in [3.63, 3.8) is 0 Å². The Morgan fingerprint density at radius 3 is 1.42 bits per heavy atom. The molecule has 0 fully saturated rings. The molecule has 0 saturated carbocycles. The highest BCUT2D eigenvalue weighted by Gasteiger charge is 2.15. The molecule has 312 valence electrons. The molecule has 0 atom stereocenters. The number of aromatic nitrogens is 4. The zero-order valence-electron chi connectivity index (χ0n) is 34.6.